The smallest absolute Gasteiger partial charge is 0.225 e. The summed E-state index contributed by atoms with van der Waals surface area (Å²) in [5.41, 5.74) is 7.38. The van der Waals surface area contributed by atoms with Gasteiger partial charge in [0.1, 0.15) is 23.9 Å². The molecule has 0 aliphatic carbocycles. The van der Waals surface area contributed by atoms with Crippen molar-refractivity contribution in [2.75, 3.05) is 31.3 Å². The van der Waals surface area contributed by atoms with Gasteiger partial charge in [0.25, 0.3) is 0 Å². The van der Waals surface area contributed by atoms with Gasteiger partial charge in [0, 0.05) is 5.56 Å². The van der Waals surface area contributed by atoms with E-state index in [0.717, 1.165) is 11.8 Å². The fourth-order valence-electron chi connectivity index (χ4n) is 3.74. The van der Waals surface area contributed by atoms with Gasteiger partial charge in [-0.3, -0.25) is 0 Å². The van der Waals surface area contributed by atoms with Crippen LogP contribution in [0.2, 0.25) is 0 Å². The lowest BCUT2D eigenvalue weighted by atomic mass is 10.1. The quantitative estimate of drug-likeness (QED) is 0.302. The Balaban J connectivity index is 1.54. The number of para-hydroxylation sites is 1. The third-order valence-electron chi connectivity index (χ3n) is 5.49. The number of methoxy groups -OCH3 is 1. The van der Waals surface area contributed by atoms with Gasteiger partial charge < -0.3 is 20.5 Å². The van der Waals surface area contributed by atoms with Crippen molar-refractivity contribution in [1.29, 1.82) is 0 Å². The number of hydrogen-bond donors (Lipinski definition) is 2. The molecule has 10 heteroatoms. The van der Waals surface area contributed by atoms with E-state index in [2.05, 4.69) is 20.4 Å². The summed E-state index contributed by atoms with van der Waals surface area (Å²) >= 11 is 0. The summed E-state index contributed by atoms with van der Waals surface area (Å²) in [5.74, 6) is -0.270. The molecule has 0 radical (unpaired) electrons. The van der Waals surface area contributed by atoms with Crippen molar-refractivity contribution >= 4 is 22.8 Å². The minimum absolute atomic E-state index is 0.0491. The van der Waals surface area contributed by atoms with E-state index in [4.69, 9.17) is 15.2 Å². The third-order valence-corrected chi connectivity index (χ3v) is 5.49. The molecule has 0 unspecified atom stereocenters. The predicted molar refractivity (Wildman–Crippen MR) is 133 cm³/mol. The SMILES string of the molecule is COc1ccc(-n2nc3nc(NCCOc4ccccc4)nc(-c4cccc(F)c4F)c3c2N)cc1. The van der Waals surface area contributed by atoms with Crippen molar-refractivity contribution in [3.05, 3.63) is 84.4 Å². The summed E-state index contributed by atoms with van der Waals surface area (Å²) in [6.45, 7) is 0.692. The molecule has 2 heterocycles. The molecule has 182 valence electrons. The van der Waals surface area contributed by atoms with Crippen LogP contribution < -0.4 is 20.5 Å². The molecule has 0 spiro atoms. The lowest BCUT2D eigenvalue weighted by molar-refractivity contribution is 0.332. The number of rotatable bonds is 8. The monoisotopic (exact) mass is 488 g/mol. The molecule has 36 heavy (non-hydrogen) atoms. The maximum atomic E-state index is 14.8. The molecule has 3 aromatic carbocycles. The highest BCUT2D eigenvalue weighted by Gasteiger charge is 2.22. The molecular weight excluding hydrogens is 466 g/mol. The normalized spacial score (nSPS) is 11.0. The van der Waals surface area contributed by atoms with Crippen molar-refractivity contribution in [3.63, 3.8) is 0 Å². The highest BCUT2D eigenvalue weighted by molar-refractivity contribution is 5.99. The van der Waals surface area contributed by atoms with E-state index >= 15 is 0 Å². The molecule has 5 aromatic rings. The van der Waals surface area contributed by atoms with Crippen molar-refractivity contribution in [2.24, 2.45) is 0 Å². The van der Waals surface area contributed by atoms with Gasteiger partial charge in [-0.05, 0) is 48.5 Å². The van der Waals surface area contributed by atoms with Crippen LogP contribution in [0.5, 0.6) is 11.5 Å². The van der Waals surface area contributed by atoms with Crippen LogP contribution >= 0.6 is 0 Å². The number of anilines is 2. The van der Waals surface area contributed by atoms with E-state index in [1.165, 1.54) is 16.8 Å². The molecule has 3 N–H and O–H groups in total. The fourth-order valence-corrected chi connectivity index (χ4v) is 3.74. The van der Waals surface area contributed by atoms with E-state index in [1.807, 2.05) is 30.3 Å². The maximum Gasteiger partial charge on any atom is 0.225 e. The van der Waals surface area contributed by atoms with Crippen LogP contribution in [-0.2, 0) is 0 Å². The lowest BCUT2D eigenvalue weighted by Gasteiger charge is -2.10. The van der Waals surface area contributed by atoms with Crippen LogP contribution in [0, 0.1) is 11.6 Å². The number of ether oxygens (including phenoxy) is 2. The summed E-state index contributed by atoms with van der Waals surface area (Å²) < 4.78 is 41.3. The van der Waals surface area contributed by atoms with Crippen LogP contribution in [0.15, 0.2) is 72.8 Å². The number of nitrogens with two attached hydrogens (primary N) is 1. The molecule has 2 aromatic heterocycles. The second-order valence-corrected chi connectivity index (χ2v) is 7.78. The third kappa shape index (κ3) is 4.48. The van der Waals surface area contributed by atoms with Gasteiger partial charge in [0.05, 0.1) is 30.4 Å². The number of nitrogens with zero attached hydrogens (tertiary/aromatic N) is 4. The van der Waals surface area contributed by atoms with Crippen molar-refractivity contribution in [1.82, 2.24) is 19.7 Å². The van der Waals surface area contributed by atoms with Gasteiger partial charge in [-0.1, -0.05) is 24.3 Å². The summed E-state index contributed by atoms with van der Waals surface area (Å²) in [4.78, 5) is 8.94. The Hall–Kier alpha value is -4.73. The van der Waals surface area contributed by atoms with Crippen molar-refractivity contribution < 1.29 is 18.3 Å². The molecule has 8 nitrogen and oxygen atoms in total. The summed E-state index contributed by atoms with van der Waals surface area (Å²) in [6, 6.07) is 20.3. The van der Waals surface area contributed by atoms with Gasteiger partial charge in [-0.2, -0.15) is 4.98 Å². The van der Waals surface area contributed by atoms with E-state index in [1.54, 1.807) is 31.4 Å². The van der Waals surface area contributed by atoms with Crippen LogP contribution in [0.3, 0.4) is 0 Å². The molecule has 0 aliphatic heterocycles. The fraction of sp³-hybridized carbons (Fsp3) is 0.115. The van der Waals surface area contributed by atoms with Crippen LogP contribution in [0.4, 0.5) is 20.5 Å². The van der Waals surface area contributed by atoms with Crippen molar-refractivity contribution in [2.45, 2.75) is 0 Å². The summed E-state index contributed by atoms with van der Waals surface area (Å²) in [7, 11) is 1.57. The molecule has 0 atom stereocenters. The Morgan fingerprint density at radius 3 is 2.44 bits per heavy atom. The minimum atomic E-state index is -1.03. The summed E-state index contributed by atoms with van der Waals surface area (Å²) in [5, 5.41) is 7.90. The van der Waals surface area contributed by atoms with Crippen LogP contribution in [-0.4, -0.2) is 40.0 Å². The first-order valence-electron chi connectivity index (χ1n) is 11.1. The first-order chi connectivity index (χ1) is 17.5. The number of fused-ring (bicyclic) bond motifs is 1. The molecule has 5 rings (SSSR count). The predicted octanol–water partition coefficient (Wildman–Crippen LogP) is 4.84. The van der Waals surface area contributed by atoms with E-state index < -0.39 is 11.6 Å². The van der Waals surface area contributed by atoms with E-state index in [9.17, 15) is 8.78 Å². The van der Waals surface area contributed by atoms with Crippen LogP contribution in [0.1, 0.15) is 0 Å². The zero-order chi connectivity index (χ0) is 25.1. The highest BCUT2D eigenvalue weighted by Crippen LogP contribution is 2.34. The summed E-state index contributed by atoms with van der Waals surface area (Å²) in [6.07, 6.45) is 0. The first kappa shape index (κ1) is 23.0. The number of halogens is 2. The first-order valence-corrected chi connectivity index (χ1v) is 11.1. The Kier molecular flexibility index (Phi) is 6.31. The van der Waals surface area contributed by atoms with Crippen LogP contribution in [0.25, 0.3) is 28.0 Å². The number of aromatic nitrogens is 4. The largest absolute Gasteiger partial charge is 0.497 e. The van der Waals surface area contributed by atoms with Gasteiger partial charge in [-0.15, -0.1) is 5.10 Å². The van der Waals surface area contributed by atoms with E-state index in [0.29, 0.717) is 30.0 Å². The van der Waals surface area contributed by atoms with Gasteiger partial charge in [0.2, 0.25) is 5.95 Å². The zero-order valence-electron chi connectivity index (χ0n) is 19.3. The number of benzene rings is 3. The maximum absolute atomic E-state index is 14.8. The van der Waals surface area contributed by atoms with Gasteiger partial charge in [-0.25, -0.2) is 18.4 Å². The number of nitrogen functional groups attached to an aromatic ring is 1. The second-order valence-electron chi connectivity index (χ2n) is 7.78. The minimum Gasteiger partial charge on any atom is -0.497 e. The second kappa shape index (κ2) is 9.87. The molecule has 0 fully saturated rings. The average Bonchev–Trinajstić information content (AvgIpc) is 3.24. The molecule has 0 amide bonds. The standard InChI is InChI=1S/C26H22F2N6O2/c1-35-17-12-10-16(11-13-17)34-24(29)21-23(19-8-5-9-20(27)22(19)28)31-26(32-25(21)33-34)30-14-15-36-18-6-3-2-4-7-18/h2-13H,14-15,29H2,1H3,(H,30,32,33). The Morgan fingerprint density at radius 2 is 1.69 bits per heavy atom. The lowest BCUT2D eigenvalue weighted by Crippen LogP contribution is -2.13. The molecule has 0 bridgehead atoms. The molecule has 0 saturated carbocycles. The Labute approximate surface area is 205 Å². The van der Waals surface area contributed by atoms with E-state index in [-0.39, 0.29) is 28.7 Å². The topological polar surface area (TPSA) is 100 Å². The highest BCUT2D eigenvalue weighted by atomic mass is 19.2. The van der Waals surface area contributed by atoms with Gasteiger partial charge >= 0.3 is 0 Å². The van der Waals surface area contributed by atoms with Gasteiger partial charge in [0.15, 0.2) is 17.3 Å². The Bertz CT molecular complexity index is 1510. The molecule has 0 aliphatic rings. The number of nitrogens with one attached hydrogen (secondary N) is 1. The molecule has 0 saturated heterocycles. The molecular formula is C26H22F2N6O2. The zero-order valence-corrected chi connectivity index (χ0v) is 19.3. The average molecular weight is 488 g/mol. The Morgan fingerprint density at radius 1 is 0.917 bits per heavy atom. The number of hydrogen-bond acceptors (Lipinski definition) is 7. The van der Waals surface area contributed by atoms with Crippen molar-refractivity contribution in [3.8, 4) is 28.4 Å².